The first kappa shape index (κ1) is 15.1. The highest BCUT2D eigenvalue weighted by atomic mass is 19.1. The minimum atomic E-state index is -0.245. The second-order valence-electron chi connectivity index (χ2n) is 5.59. The van der Waals surface area contributed by atoms with Gasteiger partial charge in [-0.25, -0.2) is 9.37 Å². The minimum absolute atomic E-state index is 0.245. The van der Waals surface area contributed by atoms with E-state index < -0.39 is 0 Å². The first-order valence-electron chi connectivity index (χ1n) is 7.24. The summed E-state index contributed by atoms with van der Waals surface area (Å²) < 4.78 is 19.1. The number of nitrogens with zero attached hydrogens (tertiary/aromatic N) is 1. The van der Waals surface area contributed by atoms with Crippen molar-refractivity contribution in [1.29, 1.82) is 0 Å². The molecule has 2 rings (SSSR count). The highest BCUT2D eigenvalue weighted by Gasteiger charge is 2.13. The maximum Gasteiger partial charge on any atom is 0.146 e. The first-order chi connectivity index (χ1) is 9.58. The van der Waals surface area contributed by atoms with Crippen molar-refractivity contribution >= 4 is 5.57 Å². The Kier molecular flexibility index (Phi) is 5.26. The van der Waals surface area contributed by atoms with Crippen LogP contribution in [0.15, 0.2) is 18.2 Å². The zero-order valence-corrected chi connectivity index (χ0v) is 12.4. The molecule has 1 atom stereocenters. The zero-order chi connectivity index (χ0) is 14.5. The molecule has 0 saturated carbocycles. The van der Waals surface area contributed by atoms with Gasteiger partial charge in [-0.1, -0.05) is 19.9 Å². The number of nitrogens with one attached hydrogen (secondary N) is 1. The minimum Gasteiger partial charge on any atom is -0.377 e. The maximum atomic E-state index is 13.8. The van der Waals surface area contributed by atoms with E-state index in [0.29, 0.717) is 37.4 Å². The van der Waals surface area contributed by atoms with Gasteiger partial charge in [0.25, 0.3) is 0 Å². The lowest BCUT2D eigenvalue weighted by atomic mass is 10.1. The summed E-state index contributed by atoms with van der Waals surface area (Å²) in [7, 11) is 0. The summed E-state index contributed by atoms with van der Waals surface area (Å²) in [5, 5.41) is 3.32. The molecule has 1 N–H and O–H groups in total. The third-order valence-corrected chi connectivity index (χ3v) is 3.80. The standard InChI is InChI=1S/C16H23FN2O/c1-11(2)12(3)18-10-16-14(17)4-5-15(19-16)13-6-8-20-9-7-13/h4-6,11-12,18H,7-10H2,1-3H3/t12-/m1/s1. The summed E-state index contributed by atoms with van der Waals surface area (Å²) in [4.78, 5) is 4.47. The largest absolute Gasteiger partial charge is 0.377 e. The van der Waals surface area contributed by atoms with Crippen LogP contribution in [0.2, 0.25) is 0 Å². The van der Waals surface area contributed by atoms with Crippen molar-refractivity contribution in [2.45, 2.75) is 39.8 Å². The van der Waals surface area contributed by atoms with Crippen molar-refractivity contribution in [3.63, 3.8) is 0 Å². The topological polar surface area (TPSA) is 34.2 Å². The second kappa shape index (κ2) is 6.95. The Morgan fingerprint density at radius 3 is 2.80 bits per heavy atom. The van der Waals surface area contributed by atoms with Crippen molar-refractivity contribution in [2.75, 3.05) is 13.2 Å². The quantitative estimate of drug-likeness (QED) is 0.898. The smallest absolute Gasteiger partial charge is 0.146 e. The van der Waals surface area contributed by atoms with Gasteiger partial charge in [0.1, 0.15) is 5.82 Å². The van der Waals surface area contributed by atoms with Crippen LogP contribution in [-0.4, -0.2) is 24.2 Å². The molecule has 20 heavy (non-hydrogen) atoms. The number of ether oxygens (including phenoxy) is 1. The molecule has 0 amide bonds. The van der Waals surface area contributed by atoms with Crippen molar-refractivity contribution in [3.8, 4) is 0 Å². The van der Waals surface area contributed by atoms with Gasteiger partial charge in [-0.3, -0.25) is 0 Å². The summed E-state index contributed by atoms with van der Waals surface area (Å²) >= 11 is 0. The van der Waals surface area contributed by atoms with Gasteiger partial charge in [-0.05, 0) is 37.0 Å². The third-order valence-electron chi connectivity index (χ3n) is 3.80. The van der Waals surface area contributed by atoms with E-state index in [-0.39, 0.29) is 5.82 Å². The molecule has 1 aliphatic rings. The van der Waals surface area contributed by atoms with E-state index in [1.54, 1.807) is 6.07 Å². The van der Waals surface area contributed by atoms with Crippen LogP contribution in [0, 0.1) is 11.7 Å². The lowest BCUT2D eigenvalue weighted by Gasteiger charge is -2.18. The average Bonchev–Trinajstić information content (AvgIpc) is 2.47. The second-order valence-corrected chi connectivity index (χ2v) is 5.59. The van der Waals surface area contributed by atoms with Crippen LogP contribution in [-0.2, 0) is 11.3 Å². The number of aromatic nitrogens is 1. The Morgan fingerprint density at radius 2 is 2.15 bits per heavy atom. The molecule has 0 spiro atoms. The van der Waals surface area contributed by atoms with Crippen LogP contribution >= 0.6 is 0 Å². The number of halogens is 1. The summed E-state index contributed by atoms with van der Waals surface area (Å²) in [6, 6.07) is 3.60. The number of rotatable bonds is 5. The van der Waals surface area contributed by atoms with Crippen molar-refractivity contribution in [3.05, 3.63) is 35.4 Å². The van der Waals surface area contributed by atoms with E-state index in [1.165, 1.54) is 6.07 Å². The Hall–Kier alpha value is -1.26. The number of hydrogen-bond donors (Lipinski definition) is 1. The highest BCUT2D eigenvalue weighted by Crippen LogP contribution is 2.20. The number of pyridine rings is 1. The van der Waals surface area contributed by atoms with Crippen molar-refractivity contribution in [2.24, 2.45) is 5.92 Å². The molecule has 0 unspecified atom stereocenters. The van der Waals surface area contributed by atoms with Gasteiger partial charge in [0.15, 0.2) is 0 Å². The summed E-state index contributed by atoms with van der Waals surface area (Å²) in [5.41, 5.74) is 2.50. The Labute approximate surface area is 120 Å². The fourth-order valence-electron chi connectivity index (χ4n) is 2.04. The molecule has 0 aromatic carbocycles. The van der Waals surface area contributed by atoms with Crippen LogP contribution in [0.3, 0.4) is 0 Å². The van der Waals surface area contributed by atoms with E-state index in [0.717, 1.165) is 17.7 Å². The van der Waals surface area contributed by atoms with E-state index in [4.69, 9.17) is 4.74 Å². The molecule has 0 aliphatic carbocycles. The highest BCUT2D eigenvalue weighted by molar-refractivity contribution is 5.63. The first-order valence-corrected chi connectivity index (χ1v) is 7.24. The Bertz CT molecular complexity index is 485. The average molecular weight is 278 g/mol. The molecule has 110 valence electrons. The molecular weight excluding hydrogens is 255 g/mol. The van der Waals surface area contributed by atoms with Crippen LogP contribution in [0.5, 0.6) is 0 Å². The van der Waals surface area contributed by atoms with E-state index >= 15 is 0 Å². The van der Waals surface area contributed by atoms with Gasteiger partial charge in [0.05, 0.1) is 24.6 Å². The molecule has 1 aromatic heterocycles. The molecular formula is C16H23FN2O. The van der Waals surface area contributed by atoms with Crippen molar-refractivity contribution < 1.29 is 9.13 Å². The van der Waals surface area contributed by atoms with E-state index in [9.17, 15) is 4.39 Å². The molecule has 1 aliphatic heterocycles. The predicted molar refractivity (Wildman–Crippen MR) is 78.7 cm³/mol. The summed E-state index contributed by atoms with van der Waals surface area (Å²) in [6.07, 6.45) is 2.87. The molecule has 1 aromatic rings. The monoisotopic (exact) mass is 278 g/mol. The van der Waals surface area contributed by atoms with E-state index in [1.807, 2.05) is 6.08 Å². The normalized spacial score (nSPS) is 17.1. The zero-order valence-electron chi connectivity index (χ0n) is 12.4. The lowest BCUT2D eigenvalue weighted by molar-refractivity contribution is 0.161. The molecule has 0 fully saturated rings. The molecule has 0 saturated heterocycles. The van der Waals surface area contributed by atoms with Crippen LogP contribution < -0.4 is 5.32 Å². The number of hydrogen-bond acceptors (Lipinski definition) is 3. The Morgan fingerprint density at radius 1 is 1.35 bits per heavy atom. The molecule has 0 radical (unpaired) electrons. The maximum absolute atomic E-state index is 13.8. The third kappa shape index (κ3) is 3.87. The van der Waals surface area contributed by atoms with Crippen LogP contribution in [0.25, 0.3) is 5.57 Å². The predicted octanol–water partition coefficient (Wildman–Crippen LogP) is 3.16. The fourth-order valence-corrected chi connectivity index (χ4v) is 2.04. The van der Waals surface area contributed by atoms with Gasteiger partial charge < -0.3 is 10.1 Å². The van der Waals surface area contributed by atoms with Gasteiger partial charge in [-0.15, -0.1) is 0 Å². The lowest BCUT2D eigenvalue weighted by Crippen LogP contribution is -2.31. The molecule has 0 bridgehead atoms. The fraction of sp³-hybridized carbons (Fsp3) is 0.562. The molecule has 3 nitrogen and oxygen atoms in total. The summed E-state index contributed by atoms with van der Waals surface area (Å²) in [6.45, 7) is 8.18. The SMILES string of the molecule is CC(C)[C@@H](C)NCc1nc(C2=CCOCC2)ccc1F. The van der Waals surface area contributed by atoms with Gasteiger partial charge >= 0.3 is 0 Å². The Balaban J connectivity index is 2.10. The molecule has 2 heterocycles. The van der Waals surface area contributed by atoms with Crippen LogP contribution in [0.1, 0.15) is 38.6 Å². The molecule has 4 heteroatoms. The van der Waals surface area contributed by atoms with Gasteiger partial charge in [0.2, 0.25) is 0 Å². The summed E-state index contributed by atoms with van der Waals surface area (Å²) in [5.74, 6) is 0.268. The van der Waals surface area contributed by atoms with Gasteiger partial charge in [-0.2, -0.15) is 0 Å². The van der Waals surface area contributed by atoms with Gasteiger partial charge in [0, 0.05) is 12.6 Å². The van der Waals surface area contributed by atoms with Crippen LogP contribution in [0.4, 0.5) is 4.39 Å². The van der Waals surface area contributed by atoms with Crippen molar-refractivity contribution in [1.82, 2.24) is 10.3 Å². The van der Waals surface area contributed by atoms with E-state index in [2.05, 4.69) is 31.1 Å².